The molecule has 0 atom stereocenters. The Bertz CT molecular complexity index is 7060. The average Bonchev–Trinajstić information content (AvgIpc) is 1.56. The first-order valence-corrected chi connectivity index (χ1v) is 35.1. The topological polar surface area (TPSA) is 29.6 Å². The zero-order valence-electron chi connectivity index (χ0n) is 55.5. The normalized spacial score (nSPS) is 11.9. The molecule has 6 heteroatoms. The standard InChI is InChI=1S/2C48H31N3/c1-3-13-34(14-4-1)49-43-20-10-7-17-37(43)40-29-33(25-28-46(40)49)32-23-26-36(27-24-32)51-45-22-12-9-19-39(45)42-30-47-41(31-48(42)51)38-18-8-11-21-44(38)50(47)35-15-5-2-6-16-35;1-3-13-34(14-4-1)49-43-20-10-7-17-37(43)40-28-25-33(29-46(40)49)32-23-26-36(27-24-32)51-45-22-12-9-19-39(45)42-30-47-41(31-48(42)51)38-18-8-11-21-44(38)50(47)35-15-5-2-6-16-35/h2*1-31H. The molecule has 6 nitrogen and oxygen atoms in total. The number of hydrogen-bond acceptors (Lipinski definition) is 0. The summed E-state index contributed by atoms with van der Waals surface area (Å²) in [6, 6.07) is 137. The van der Waals surface area contributed by atoms with Crippen LogP contribution in [0.3, 0.4) is 0 Å². The quantitative estimate of drug-likeness (QED) is 0.145. The third kappa shape index (κ3) is 8.86. The first-order chi connectivity index (χ1) is 50.6. The second-order valence-corrected chi connectivity index (χ2v) is 26.8. The number of nitrogens with zero attached hydrogens (tertiary/aromatic N) is 6. The van der Waals surface area contributed by atoms with Crippen LogP contribution in [0.25, 0.3) is 187 Å². The van der Waals surface area contributed by atoms with Gasteiger partial charge in [-0.15, -0.1) is 0 Å². The van der Waals surface area contributed by atoms with Crippen LogP contribution in [-0.4, -0.2) is 27.4 Å². The van der Waals surface area contributed by atoms with E-state index in [1.807, 2.05) is 0 Å². The molecule has 102 heavy (non-hydrogen) atoms. The highest BCUT2D eigenvalue weighted by Crippen LogP contribution is 2.44. The number of hydrogen-bond donors (Lipinski definition) is 0. The molecule has 0 aliphatic heterocycles. The fraction of sp³-hybridized carbons (Fsp3) is 0. The van der Waals surface area contributed by atoms with Gasteiger partial charge in [-0.05, 0) is 174 Å². The molecule has 0 spiro atoms. The lowest BCUT2D eigenvalue weighted by Crippen LogP contribution is -1.95. The van der Waals surface area contributed by atoms with Crippen LogP contribution in [0.2, 0.25) is 0 Å². The van der Waals surface area contributed by atoms with Crippen molar-refractivity contribution in [1.82, 2.24) is 27.4 Å². The maximum atomic E-state index is 2.43. The van der Waals surface area contributed by atoms with Crippen molar-refractivity contribution in [2.45, 2.75) is 0 Å². The molecule has 0 saturated heterocycles. The molecular weight excluding hydrogens is 1240 g/mol. The van der Waals surface area contributed by atoms with Crippen molar-refractivity contribution in [1.29, 1.82) is 0 Å². The van der Waals surface area contributed by atoms with Gasteiger partial charge >= 0.3 is 0 Å². The molecule has 16 aromatic carbocycles. The number of fused-ring (bicyclic) bond motifs is 18. The minimum absolute atomic E-state index is 1.15. The van der Waals surface area contributed by atoms with Gasteiger partial charge in [0.2, 0.25) is 0 Å². The maximum absolute atomic E-state index is 2.43. The maximum Gasteiger partial charge on any atom is 0.0548 e. The minimum Gasteiger partial charge on any atom is -0.309 e. The molecule has 22 rings (SSSR count). The zero-order valence-corrected chi connectivity index (χ0v) is 55.5. The second-order valence-electron chi connectivity index (χ2n) is 26.8. The van der Waals surface area contributed by atoms with Crippen LogP contribution in [-0.2, 0) is 0 Å². The van der Waals surface area contributed by atoms with Crippen LogP contribution in [0.15, 0.2) is 376 Å². The Morgan fingerprint density at radius 1 is 0.108 bits per heavy atom. The Morgan fingerprint density at radius 3 is 0.618 bits per heavy atom. The summed E-state index contributed by atoms with van der Waals surface area (Å²) < 4.78 is 14.4. The number of benzene rings is 16. The zero-order chi connectivity index (χ0) is 66.9. The summed E-state index contributed by atoms with van der Waals surface area (Å²) in [6.07, 6.45) is 0. The van der Waals surface area contributed by atoms with E-state index in [2.05, 4.69) is 404 Å². The van der Waals surface area contributed by atoms with Crippen molar-refractivity contribution in [2.75, 3.05) is 0 Å². The van der Waals surface area contributed by atoms with Gasteiger partial charge < -0.3 is 27.4 Å². The van der Waals surface area contributed by atoms with E-state index in [-0.39, 0.29) is 0 Å². The van der Waals surface area contributed by atoms with Gasteiger partial charge in [-0.3, -0.25) is 0 Å². The van der Waals surface area contributed by atoms with Gasteiger partial charge in [-0.2, -0.15) is 0 Å². The highest BCUT2D eigenvalue weighted by atomic mass is 15.0. The molecule has 0 saturated carbocycles. The van der Waals surface area contributed by atoms with Gasteiger partial charge in [0, 0.05) is 98.8 Å². The Hall–Kier alpha value is -13.7. The number of aromatic nitrogens is 6. The monoisotopic (exact) mass is 1300 g/mol. The summed E-state index contributed by atoms with van der Waals surface area (Å²) in [5.41, 5.74) is 26.4. The van der Waals surface area contributed by atoms with Crippen molar-refractivity contribution in [3.8, 4) is 56.4 Å². The summed E-state index contributed by atoms with van der Waals surface area (Å²) in [7, 11) is 0. The van der Waals surface area contributed by atoms with Gasteiger partial charge in [0.1, 0.15) is 0 Å². The van der Waals surface area contributed by atoms with Gasteiger partial charge in [-0.25, -0.2) is 0 Å². The smallest absolute Gasteiger partial charge is 0.0548 e. The molecule has 0 bridgehead atoms. The summed E-state index contributed by atoms with van der Waals surface area (Å²) in [4.78, 5) is 0. The molecule has 0 radical (unpaired) electrons. The predicted octanol–water partition coefficient (Wildman–Crippen LogP) is 25.3. The van der Waals surface area contributed by atoms with Gasteiger partial charge in [0.05, 0.1) is 66.2 Å². The van der Waals surface area contributed by atoms with E-state index >= 15 is 0 Å². The number of para-hydroxylation sites is 10. The van der Waals surface area contributed by atoms with Gasteiger partial charge in [-0.1, -0.05) is 224 Å². The van der Waals surface area contributed by atoms with Gasteiger partial charge in [0.15, 0.2) is 0 Å². The molecular formula is C96H62N6. The summed E-state index contributed by atoms with van der Waals surface area (Å²) in [6.45, 7) is 0. The number of rotatable bonds is 8. The summed E-state index contributed by atoms with van der Waals surface area (Å²) in [5, 5.41) is 15.1. The van der Waals surface area contributed by atoms with E-state index in [1.165, 1.54) is 176 Å². The molecule has 0 amide bonds. The lowest BCUT2D eigenvalue weighted by molar-refractivity contribution is 1.17. The van der Waals surface area contributed by atoms with Gasteiger partial charge in [0.25, 0.3) is 0 Å². The first-order valence-electron chi connectivity index (χ1n) is 35.1. The van der Waals surface area contributed by atoms with E-state index < -0.39 is 0 Å². The van der Waals surface area contributed by atoms with E-state index in [1.54, 1.807) is 0 Å². The molecule has 0 N–H and O–H groups in total. The Kier molecular flexibility index (Phi) is 12.9. The fourth-order valence-corrected chi connectivity index (χ4v) is 16.7. The fourth-order valence-electron chi connectivity index (χ4n) is 16.7. The third-order valence-electron chi connectivity index (χ3n) is 21.3. The van der Waals surface area contributed by atoms with Crippen LogP contribution in [0.4, 0.5) is 0 Å². The second kappa shape index (κ2) is 23.0. The molecule has 476 valence electrons. The Labute approximate surface area is 587 Å². The third-order valence-corrected chi connectivity index (χ3v) is 21.3. The van der Waals surface area contributed by atoms with Crippen molar-refractivity contribution < 1.29 is 0 Å². The van der Waals surface area contributed by atoms with Crippen molar-refractivity contribution >= 4 is 131 Å². The minimum atomic E-state index is 1.15. The van der Waals surface area contributed by atoms with Crippen LogP contribution in [0, 0.1) is 0 Å². The molecule has 6 aromatic heterocycles. The lowest BCUT2D eigenvalue weighted by atomic mass is 10.0. The first kappa shape index (κ1) is 57.4. The molecule has 0 aliphatic carbocycles. The van der Waals surface area contributed by atoms with Crippen LogP contribution in [0.5, 0.6) is 0 Å². The molecule has 0 aliphatic rings. The van der Waals surface area contributed by atoms with Crippen LogP contribution < -0.4 is 0 Å². The largest absolute Gasteiger partial charge is 0.309 e. The van der Waals surface area contributed by atoms with Crippen LogP contribution >= 0.6 is 0 Å². The average molecular weight is 1300 g/mol. The summed E-state index contributed by atoms with van der Waals surface area (Å²) in [5.74, 6) is 0. The Balaban J connectivity index is 0.000000133. The predicted molar refractivity (Wildman–Crippen MR) is 430 cm³/mol. The lowest BCUT2D eigenvalue weighted by Gasteiger charge is -2.11. The van der Waals surface area contributed by atoms with Crippen molar-refractivity contribution in [2.24, 2.45) is 0 Å². The van der Waals surface area contributed by atoms with E-state index in [0.717, 1.165) is 11.4 Å². The summed E-state index contributed by atoms with van der Waals surface area (Å²) >= 11 is 0. The molecule has 22 aromatic rings. The SMILES string of the molecule is c1ccc(-n2c3ccccc3c3cc(-c4ccc(-n5c6ccccc6c6cc7c(cc65)c5ccccc5n7-c5ccccc5)cc4)ccc32)cc1.c1ccc(-n2c3ccccc3c3ccc(-c4ccc(-n5c6ccccc6c6cc7c(cc65)c5ccccc5n7-c5ccccc5)cc4)cc32)cc1. The van der Waals surface area contributed by atoms with E-state index in [0.29, 0.717) is 0 Å². The van der Waals surface area contributed by atoms with Crippen LogP contribution in [0.1, 0.15) is 0 Å². The van der Waals surface area contributed by atoms with Crippen molar-refractivity contribution in [3.63, 3.8) is 0 Å². The highest BCUT2D eigenvalue weighted by molar-refractivity contribution is 6.21. The van der Waals surface area contributed by atoms with E-state index in [9.17, 15) is 0 Å². The molecule has 0 unspecified atom stereocenters. The molecule has 6 heterocycles. The van der Waals surface area contributed by atoms with E-state index in [4.69, 9.17) is 0 Å². The Morgan fingerprint density at radius 2 is 0.304 bits per heavy atom. The highest BCUT2D eigenvalue weighted by Gasteiger charge is 2.22. The van der Waals surface area contributed by atoms with Crippen molar-refractivity contribution in [3.05, 3.63) is 376 Å². The molecule has 0 fully saturated rings.